The summed E-state index contributed by atoms with van der Waals surface area (Å²) < 4.78 is 19.2. The molecule has 1 aliphatic rings. The van der Waals surface area contributed by atoms with Crippen LogP contribution in [-0.4, -0.2) is 34.7 Å². The summed E-state index contributed by atoms with van der Waals surface area (Å²) in [6.45, 7) is -0.294. The van der Waals surface area contributed by atoms with Crippen LogP contribution in [0.5, 0.6) is 5.75 Å². The van der Waals surface area contributed by atoms with Crippen molar-refractivity contribution in [2.75, 3.05) is 6.61 Å². The van der Waals surface area contributed by atoms with Crippen LogP contribution in [-0.2, 0) is 11.3 Å². The minimum Gasteiger partial charge on any atom is -0.477 e. The minimum atomic E-state index is -0.676. The first-order chi connectivity index (χ1) is 13.0. The van der Waals surface area contributed by atoms with Crippen LogP contribution in [0.3, 0.4) is 0 Å². The second-order valence-electron chi connectivity index (χ2n) is 6.24. The molecule has 1 amide bonds. The number of benzene rings is 2. The zero-order valence-electron chi connectivity index (χ0n) is 14.3. The predicted molar refractivity (Wildman–Crippen MR) is 94.0 cm³/mol. The lowest BCUT2D eigenvalue weighted by Crippen LogP contribution is -2.36. The third kappa shape index (κ3) is 4.46. The van der Waals surface area contributed by atoms with Gasteiger partial charge < -0.3 is 9.64 Å². The standard InChI is InChI=1S/C19H17FN2O5/c20-16-4-2-1-3-14(16)10-21(15-6-7-15)19(24)12-27-18-8-5-13(11-23)9-17(18)22(25)26/h1-5,8-9,11,15H,6-7,10,12H2. The van der Waals surface area contributed by atoms with Crippen LogP contribution >= 0.6 is 0 Å². The summed E-state index contributed by atoms with van der Waals surface area (Å²) in [5, 5.41) is 11.1. The number of aldehydes is 1. The van der Waals surface area contributed by atoms with Gasteiger partial charge in [-0.3, -0.25) is 19.7 Å². The number of carbonyl (C=O) groups excluding carboxylic acids is 2. The van der Waals surface area contributed by atoms with Gasteiger partial charge in [-0.25, -0.2) is 4.39 Å². The SMILES string of the molecule is O=Cc1ccc(OCC(=O)N(Cc2ccccc2F)C2CC2)c([N+](=O)[O-])c1. The van der Waals surface area contributed by atoms with E-state index < -0.39 is 17.3 Å². The summed E-state index contributed by atoms with van der Waals surface area (Å²) in [6, 6.07) is 9.99. The topological polar surface area (TPSA) is 89.8 Å². The van der Waals surface area contributed by atoms with Crippen molar-refractivity contribution in [2.24, 2.45) is 0 Å². The third-order valence-corrected chi connectivity index (χ3v) is 4.27. The Balaban J connectivity index is 1.71. The monoisotopic (exact) mass is 372 g/mol. The molecule has 1 saturated carbocycles. The first-order valence-electron chi connectivity index (χ1n) is 8.39. The fourth-order valence-corrected chi connectivity index (χ4v) is 2.71. The van der Waals surface area contributed by atoms with Gasteiger partial charge in [0.15, 0.2) is 12.4 Å². The van der Waals surface area contributed by atoms with Gasteiger partial charge in [0.2, 0.25) is 0 Å². The number of hydrogen-bond donors (Lipinski definition) is 0. The second-order valence-corrected chi connectivity index (χ2v) is 6.24. The van der Waals surface area contributed by atoms with Crippen molar-refractivity contribution >= 4 is 17.9 Å². The zero-order chi connectivity index (χ0) is 19.4. The van der Waals surface area contributed by atoms with E-state index >= 15 is 0 Å². The Morgan fingerprint density at radius 1 is 1.30 bits per heavy atom. The molecule has 0 N–H and O–H groups in total. The van der Waals surface area contributed by atoms with Crippen LogP contribution in [0.1, 0.15) is 28.8 Å². The van der Waals surface area contributed by atoms with Crippen LogP contribution in [0.25, 0.3) is 0 Å². The van der Waals surface area contributed by atoms with Crippen molar-refractivity contribution < 1.29 is 23.6 Å². The van der Waals surface area contributed by atoms with E-state index in [4.69, 9.17) is 4.74 Å². The first-order valence-corrected chi connectivity index (χ1v) is 8.39. The van der Waals surface area contributed by atoms with Gasteiger partial charge >= 0.3 is 5.69 Å². The molecule has 140 valence electrons. The van der Waals surface area contributed by atoms with Gasteiger partial charge in [-0.1, -0.05) is 18.2 Å². The van der Waals surface area contributed by atoms with E-state index in [1.165, 1.54) is 23.1 Å². The molecule has 0 atom stereocenters. The van der Waals surface area contributed by atoms with E-state index in [-0.39, 0.29) is 35.5 Å². The number of nitro benzene ring substituents is 1. The molecule has 27 heavy (non-hydrogen) atoms. The van der Waals surface area contributed by atoms with Crippen LogP contribution in [0.15, 0.2) is 42.5 Å². The van der Waals surface area contributed by atoms with Gasteiger partial charge in [0.05, 0.1) is 4.92 Å². The highest BCUT2D eigenvalue weighted by molar-refractivity contribution is 5.79. The number of nitro groups is 1. The summed E-state index contributed by atoms with van der Waals surface area (Å²) in [5.74, 6) is -0.868. The summed E-state index contributed by atoms with van der Waals surface area (Å²) in [6.07, 6.45) is 2.15. The molecule has 0 aromatic heterocycles. The Morgan fingerprint density at radius 3 is 2.67 bits per heavy atom. The maximum absolute atomic E-state index is 13.9. The lowest BCUT2D eigenvalue weighted by atomic mass is 10.2. The average molecular weight is 372 g/mol. The van der Waals surface area contributed by atoms with E-state index in [0.29, 0.717) is 11.8 Å². The Bertz CT molecular complexity index is 882. The van der Waals surface area contributed by atoms with Gasteiger partial charge in [0, 0.05) is 29.8 Å². The molecule has 0 heterocycles. The van der Waals surface area contributed by atoms with Gasteiger partial charge in [-0.05, 0) is 31.0 Å². The van der Waals surface area contributed by atoms with Crippen molar-refractivity contribution in [3.63, 3.8) is 0 Å². The Labute approximate surface area is 154 Å². The molecule has 3 rings (SSSR count). The minimum absolute atomic E-state index is 0.0214. The van der Waals surface area contributed by atoms with Gasteiger partial charge in [0.1, 0.15) is 12.1 Å². The largest absolute Gasteiger partial charge is 0.477 e. The molecular formula is C19H17FN2O5. The number of hydrogen-bond acceptors (Lipinski definition) is 5. The Morgan fingerprint density at radius 2 is 2.04 bits per heavy atom. The number of nitrogens with zero attached hydrogens (tertiary/aromatic N) is 2. The molecule has 0 saturated heterocycles. The summed E-state index contributed by atoms with van der Waals surface area (Å²) >= 11 is 0. The highest BCUT2D eigenvalue weighted by Gasteiger charge is 2.33. The summed E-state index contributed by atoms with van der Waals surface area (Å²) in [5.41, 5.74) is 0.151. The maximum atomic E-state index is 13.9. The number of rotatable bonds is 8. The molecule has 0 spiro atoms. The Kier molecular flexibility index (Phi) is 5.44. The highest BCUT2D eigenvalue weighted by atomic mass is 19.1. The van der Waals surface area contributed by atoms with Gasteiger partial charge in [0.25, 0.3) is 5.91 Å². The number of amides is 1. The number of halogens is 1. The van der Waals surface area contributed by atoms with E-state index in [1.807, 2.05) is 0 Å². The molecular weight excluding hydrogens is 355 g/mol. The predicted octanol–water partition coefficient (Wildman–Crippen LogP) is 3.12. The van der Waals surface area contributed by atoms with Crippen molar-refractivity contribution in [1.29, 1.82) is 0 Å². The first kappa shape index (κ1) is 18.5. The van der Waals surface area contributed by atoms with Crippen LogP contribution in [0, 0.1) is 15.9 Å². The van der Waals surface area contributed by atoms with Crippen LogP contribution in [0.2, 0.25) is 0 Å². The zero-order valence-corrected chi connectivity index (χ0v) is 14.3. The summed E-state index contributed by atoms with van der Waals surface area (Å²) in [4.78, 5) is 35.3. The Hall–Kier alpha value is -3.29. The molecule has 2 aromatic rings. The molecule has 0 bridgehead atoms. The second kappa shape index (κ2) is 7.94. The quantitative estimate of drug-likeness (QED) is 0.403. The van der Waals surface area contributed by atoms with E-state index in [1.54, 1.807) is 18.2 Å². The molecule has 7 nitrogen and oxygen atoms in total. The molecule has 1 fully saturated rings. The maximum Gasteiger partial charge on any atom is 0.311 e. The van der Waals surface area contributed by atoms with Gasteiger partial charge in [-0.2, -0.15) is 0 Å². The van der Waals surface area contributed by atoms with Crippen molar-refractivity contribution in [3.05, 3.63) is 69.5 Å². The molecule has 8 heteroatoms. The normalized spacial score (nSPS) is 13.1. The highest BCUT2D eigenvalue weighted by Crippen LogP contribution is 2.30. The van der Waals surface area contributed by atoms with E-state index in [0.717, 1.165) is 18.9 Å². The lowest BCUT2D eigenvalue weighted by molar-refractivity contribution is -0.385. The van der Waals surface area contributed by atoms with Crippen molar-refractivity contribution in [1.82, 2.24) is 4.90 Å². The molecule has 0 aliphatic heterocycles. The van der Waals surface area contributed by atoms with Crippen molar-refractivity contribution in [3.8, 4) is 5.75 Å². The van der Waals surface area contributed by atoms with E-state index in [9.17, 15) is 24.1 Å². The van der Waals surface area contributed by atoms with Gasteiger partial charge in [-0.15, -0.1) is 0 Å². The molecule has 2 aromatic carbocycles. The molecule has 0 radical (unpaired) electrons. The molecule has 1 aliphatic carbocycles. The number of carbonyl (C=O) groups is 2. The summed E-state index contributed by atoms with van der Waals surface area (Å²) in [7, 11) is 0. The lowest BCUT2D eigenvalue weighted by Gasteiger charge is -2.23. The van der Waals surface area contributed by atoms with Crippen LogP contribution in [0.4, 0.5) is 10.1 Å². The average Bonchev–Trinajstić information content (AvgIpc) is 3.50. The molecule has 0 unspecified atom stereocenters. The van der Waals surface area contributed by atoms with E-state index in [2.05, 4.69) is 0 Å². The fourth-order valence-electron chi connectivity index (χ4n) is 2.71. The third-order valence-electron chi connectivity index (χ3n) is 4.27. The smallest absolute Gasteiger partial charge is 0.311 e. The fraction of sp³-hybridized carbons (Fsp3) is 0.263. The number of ether oxygens (including phenoxy) is 1. The van der Waals surface area contributed by atoms with Crippen molar-refractivity contribution in [2.45, 2.75) is 25.4 Å². The van der Waals surface area contributed by atoms with Crippen LogP contribution < -0.4 is 4.74 Å².